The molecule has 0 radical (unpaired) electrons. The molecule has 0 aromatic heterocycles. The van der Waals surface area contributed by atoms with E-state index < -0.39 is 6.10 Å². The summed E-state index contributed by atoms with van der Waals surface area (Å²) in [6, 6.07) is 14.4. The number of hydrogen-bond acceptors (Lipinski definition) is 4. The summed E-state index contributed by atoms with van der Waals surface area (Å²) in [5.41, 5.74) is 4.98. The van der Waals surface area contributed by atoms with Crippen LogP contribution in [0.4, 0.5) is 5.69 Å². The van der Waals surface area contributed by atoms with E-state index in [1.54, 1.807) is 7.11 Å². The molecule has 4 heteroatoms. The van der Waals surface area contributed by atoms with Crippen molar-refractivity contribution in [1.29, 1.82) is 0 Å². The predicted octanol–water partition coefficient (Wildman–Crippen LogP) is 3.56. The third kappa shape index (κ3) is 4.57. The summed E-state index contributed by atoms with van der Waals surface area (Å²) in [7, 11) is 1.66. The van der Waals surface area contributed by atoms with E-state index >= 15 is 0 Å². The van der Waals surface area contributed by atoms with Crippen LogP contribution in [0, 0.1) is 13.8 Å². The van der Waals surface area contributed by atoms with Crippen molar-refractivity contribution in [2.75, 3.05) is 44.7 Å². The van der Waals surface area contributed by atoms with Crippen LogP contribution in [0.1, 0.15) is 29.2 Å². The van der Waals surface area contributed by atoms with Gasteiger partial charge >= 0.3 is 0 Å². The topological polar surface area (TPSA) is 35.9 Å². The zero-order chi connectivity index (χ0) is 18.5. The van der Waals surface area contributed by atoms with Crippen LogP contribution in [0.5, 0.6) is 5.75 Å². The van der Waals surface area contributed by atoms with Crippen molar-refractivity contribution in [2.24, 2.45) is 0 Å². The first kappa shape index (κ1) is 18.7. The Labute approximate surface area is 157 Å². The van der Waals surface area contributed by atoms with Crippen LogP contribution in [0.3, 0.4) is 0 Å². The normalized spacial score (nSPS) is 16.5. The molecule has 0 amide bonds. The highest BCUT2D eigenvalue weighted by atomic mass is 16.5. The summed E-state index contributed by atoms with van der Waals surface area (Å²) in [6.45, 7) is 9.43. The van der Waals surface area contributed by atoms with Crippen LogP contribution >= 0.6 is 0 Å². The summed E-state index contributed by atoms with van der Waals surface area (Å²) >= 11 is 0. The highest BCUT2D eigenvalue weighted by Gasteiger charge is 2.18. The molecule has 1 unspecified atom stereocenters. The average molecular weight is 354 g/mol. The Hall–Kier alpha value is -2.04. The number of ether oxygens (including phenoxy) is 1. The predicted molar refractivity (Wildman–Crippen MR) is 107 cm³/mol. The molecule has 1 aliphatic rings. The van der Waals surface area contributed by atoms with Gasteiger partial charge in [-0.1, -0.05) is 18.2 Å². The van der Waals surface area contributed by atoms with E-state index in [2.05, 4.69) is 41.8 Å². The Morgan fingerprint density at radius 3 is 2.27 bits per heavy atom. The van der Waals surface area contributed by atoms with Gasteiger partial charge in [-0.05, 0) is 61.2 Å². The summed E-state index contributed by atoms with van der Waals surface area (Å²) in [5.74, 6) is 0.823. The van der Waals surface area contributed by atoms with Crippen molar-refractivity contribution in [1.82, 2.24) is 4.90 Å². The van der Waals surface area contributed by atoms with Crippen molar-refractivity contribution < 1.29 is 9.84 Å². The van der Waals surface area contributed by atoms with Gasteiger partial charge in [-0.2, -0.15) is 0 Å². The van der Waals surface area contributed by atoms with E-state index in [1.807, 2.05) is 24.3 Å². The number of anilines is 1. The van der Waals surface area contributed by atoms with Gasteiger partial charge < -0.3 is 14.7 Å². The highest BCUT2D eigenvalue weighted by molar-refractivity contribution is 5.51. The van der Waals surface area contributed by atoms with Gasteiger partial charge in [-0.15, -0.1) is 0 Å². The van der Waals surface area contributed by atoms with Gasteiger partial charge in [0.15, 0.2) is 0 Å². The molecule has 2 aromatic carbocycles. The molecule has 2 aromatic rings. The molecule has 1 atom stereocenters. The molecule has 1 aliphatic heterocycles. The molecular formula is C22H30N2O2. The first-order valence-corrected chi connectivity index (χ1v) is 9.43. The van der Waals surface area contributed by atoms with Crippen molar-refractivity contribution in [3.63, 3.8) is 0 Å². The van der Waals surface area contributed by atoms with E-state index in [0.717, 1.165) is 50.5 Å². The van der Waals surface area contributed by atoms with E-state index in [1.165, 1.54) is 16.8 Å². The standard InChI is InChI=1S/C22H30N2O2/c1-17-4-7-20(16-18(17)2)24-14-12-23(13-15-24)11-10-22(25)19-5-8-21(26-3)9-6-19/h4-9,16,22,25H,10-15H2,1-3H3. The Morgan fingerprint density at radius 2 is 1.65 bits per heavy atom. The van der Waals surface area contributed by atoms with Gasteiger partial charge in [-0.25, -0.2) is 0 Å². The lowest BCUT2D eigenvalue weighted by molar-refractivity contribution is 0.139. The second-order valence-corrected chi connectivity index (χ2v) is 7.17. The van der Waals surface area contributed by atoms with Crippen molar-refractivity contribution in [3.05, 3.63) is 59.2 Å². The Bertz CT molecular complexity index is 707. The van der Waals surface area contributed by atoms with E-state index in [-0.39, 0.29) is 0 Å². The number of benzene rings is 2. The van der Waals surface area contributed by atoms with Gasteiger partial charge in [0.25, 0.3) is 0 Å². The number of methoxy groups -OCH3 is 1. The first-order chi connectivity index (χ1) is 12.6. The number of aliphatic hydroxyl groups excluding tert-OH is 1. The summed E-state index contributed by atoms with van der Waals surface area (Å²) < 4.78 is 5.17. The van der Waals surface area contributed by atoms with Crippen LogP contribution < -0.4 is 9.64 Å². The molecule has 26 heavy (non-hydrogen) atoms. The molecule has 0 spiro atoms. The number of rotatable bonds is 6. The van der Waals surface area contributed by atoms with E-state index in [4.69, 9.17) is 4.74 Å². The molecule has 1 saturated heterocycles. The maximum atomic E-state index is 10.4. The molecule has 1 fully saturated rings. The van der Waals surface area contributed by atoms with Crippen LogP contribution in [-0.2, 0) is 0 Å². The fraction of sp³-hybridized carbons (Fsp3) is 0.455. The van der Waals surface area contributed by atoms with Gasteiger partial charge in [0, 0.05) is 38.4 Å². The summed E-state index contributed by atoms with van der Waals surface area (Å²) in [6.07, 6.45) is 0.342. The fourth-order valence-corrected chi connectivity index (χ4v) is 3.45. The molecular weight excluding hydrogens is 324 g/mol. The number of aryl methyl sites for hydroxylation is 2. The zero-order valence-electron chi connectivity index (χ0n) is 16.1. The zero-order valence-corrected chi connectivity index (χ0v) is 16.1. The summed E-state index contributed by atoms with van der Waals surface area (Å²) in [4.78, 5) is 4.91. The Morgan fingerprint density at radius 1 is 0.962 bits per heavy atom. The lowest BCUT2D eigenvalue weighted by Gasteiger charge is -2.36. The van der Waals surface area contributed by atoms with Crippen LogP contribution in [0.25, 0.3) is 0 Å². The lowest BCUT2D eigenvalue weighted by Crippen LogP contribution is -2.46. The van der Waals surface area contributed by atoms with Crippen molar-refractivity contribution >= 4 is 5.69 Å². The number of aliphatic hydroxyl groups is 1. The van der Waals surface area contributed by atoms with E-state index in [0.29, 0.717) is 0 Å². The number of nitrogens with zero attached hydrogens (tertiary/aromatic N) is 2. The highest BCUT2D eigenvalue weighted by Crippen LogP contribution is 2.22. The number of piperazine rings is 1. The largest absolute Gasteiger partial charge is 0.497 e. The molecule has 140 valence electrons. The van der Waals surface area contributed by atoms with Crippen LogP contribution in [0.15, 0.2) is 42.5 Å². The third-order valence-electron chi connectivity index (χ3n) is 5.45. The average Bonchev–Trinajstić information content (AvgIpc) is 2.68. The maximum absolute atomic E-state index is 10.4. The van der Waals surface area contributed by atoms with Crippen molar-refractivity contribution in [3.8, 4) is 5.75 Å². The smallest absolute Gasteiger partial charge is 0.118 e. The van der Waals surface area contributed by atoms with Gasteiger partial charge in [0.2, 0.25) is 0 Å². The first-order valence-electron chi connectivity index (χ1n) is 9.43. The molecule has 0 saturated carbocycles. The number of hydrogen-bond donors (Lipinski definition) is 1. The Balaban J connectivity index is 1.46. The molecule has 0 aliphatic carbocycles. The third-order valence-corrected chi connectivity index (χ3v) is 5.45. The molecule has 1 heterocycles. The van der Waals surface area contributed by atoms with Gasteiger partial charge in [0.1, 0.15) is 5.75 Å². The second-order valence-electron chi connectivity index (χ2n) is 7.17. The minimum atomic E-state index is -0.418. The lowest BCUT2D eigenvalue weighted by atomic mass is 10.1. The SMILES string of the molecule is COc1ccc(C(O)CCN2CCN(c3ccc(C)c(C)c3)CC2)cc1. The van der Waals surface area contributed by atoms with E-state index in [9.17, 15) is 5.11 Å². The molecule has 3 rings (SSSR count). The Kier molecular flexibility index (Phi) is 6.17. The molecule has 1 N–H and O–H groups in total. The second kappa shape index (κ2) is 8.56. The van der Waals surface area contributed by atoms with Crippen LogP contribution in [0.2, 0.25) is 0 Å². The quantitative estimate of drug-likeness (QED) is 0.860. The maximum Gasteiger partial charge on any atom is 0.118 e. The van der Waals surface area contributed by atoms with Crippen LogP contribution in [-0.4, -0.2) is 49.8 Å². The fourth-order valence-electron chi connectivity index (χ4n) is 3.45. The molecule has 4 nitrogen and oxygen atoms in total. The minimum Gasteiger partial charge on any atom is -0.497 e. The summed E-state index contributed by atoms with van der Waals surface area (Å²) in [5, 5.41) is 10.4. The monoisotopic (exact) mass is 354 g/mol. The molecule has 0 bridgehead atoms. The van der Waals surface area contributed by atoms with Crippen molar-refractivity contribution in [2.45, 2.75) is 26.4 Å². The van der Waals surface area contributed by atoms with Gasteiger partial charge in [-0.3, -0.25) is 4.90 Å². The minimum absolute atomic E-state index is 0.418. The van der Waals surface area contributed by atoms with Gasteiger partial charge in [0.05, 0.1) is 13.2 Å².